The average Bonchev–Trinajstić information content (AvgIpc) is 3.39. The number of fused-ring (bicyclic) bond motifs is 4. The Bertz CT molecular complexity index is 944. The first-order chi connectivity index (χ1) is 14.2. The molecule has 2 saturated heterocycles. The normalized spacial score (nSPS) is 28.0. The summed E-state index contributed by atoms with van der Waals surface area (Å²) in [4.78, 5) is 31.3. The summed E-state index contributed by atoms with van der Waals surface area (Å²) in [5, 5.41) is 0. The SMILES string of the molecule is CCOC(=O)[C@@H]1C[C@@H]2CCCN2[C@]12C(=O)N(Cc1ccccc1)c1ccccc12. The lowest BCUT2D eigenvalue weighted by molar-refractivity contribution is -0.155. The van der Waals surface area contributed by atoms with E-state index in [1.54, 1.807) is 0 Å². The fourth-order valence-electron chi connectivity index (χ4n) is 5.70. The number of hydrogen-bond donors (Lipinski definition) is 0. The Morgan fingerprint density at radius 1 is 1.14 bits per heavy atom. The number of ether oxygens (including phenoxy) is 1. The summed E-state index contributed by atoms with van der Waals surface area (Å²) < 4.78 is 5.46. The summed E-state index contributed by atoms with van der Waals surface area (Å²) in [6.45, 7) is 3.51. The maximum atomic E-state index is 14.1. The Labute approximate surface area is 171 Å². The molecule has 5 rings (SSSR count). The molecule has 2 aromatic rings. The van der Waals surface area contributed by atoms with Gasteiger partial charge in [-0.2, -0.15) is 0 Å². The van der Waals surface area contributed by atoms with Crippen molar-refractivity contribution in [3.63, 3.8) is 0 Å². The molecule has 5 heteroatoms. The number of amides is 1. The van der Waals surface area contributed by atoms with Gasteiger partial charge in [0.15, 0.2) is 0 Å². The number of benzene rings is 2. The Morgan fingerprint density at radius 3 is 2.69 bits per heavy atom. The van der Waals surface area contributed by atoms with Gasteiger partial charge in [0, 0.05) is 17.3 Å². The van der Waals surface area contributed by atoms with Gasteiger partial charge in [-0.25, -0.2) is 0 Å². The predicted octanol–water partition coefficient (Wildman–Crippen LogP) is 3.48. The Kier molecular flexibility index (Phi) is 4.43. The van der Waals surface area contributed by atoms with Gasteiger partial charge >= 0.3 is 5.97 Å². The molecular weight excluding hydrogens is 364 g/mol. The number of anilines is 1. The lowest BCUT2D eigenvalue weighted by Crippen LogP contribution is -2.54. The molecule has 0 saturated carbocycles. The Morgan fingerprint density at radius 2 is 1.90 bits per heavy atom. The second-order valence-electron chi connectivity index (χ2n) is 8.19. The molecular formula is C24H26N2O3. The number of nitrogens with zero attached hydrogens (tertiary/aromatic N) is 2. The third-order valence-electron chi connectivity index (χ3n) is 6.77. The van der Waals surface area contributed by atoms with E-state index in [0.29, 0.717) is 19.6 Å². The Hall–Kier alpha value is -2.66. The summed E-state index contributed by atoms with van der Waals surface area (Å²) in [6, 6.07) is 18.3. The summed E-state index contributed by atoms with van der Waals surface area (Å²) in [7, 11) is 0. The van der Waals surface area contributed by atoms with Crippen LogP contribution in [0.5, 0.6) is 0 Å². The van der Waals surface area contributed by atoms with Crippen molar-refractivity contribution < 1.29 is 14.3 Å². The summed E-state index contributed by atoms with van der Waals surface area (Å²) in [6.07, 6.45) is 2.79. The number of esters is 1. The monoisotopic (exact) mass is 390 g/mol. The molecule has 0 bridgehead atoms. The molecule has 150 valence electrons. The number of carbonyl (C=O) groups is 2. The number of rotatable bonds is 4. The molecule has 2 fully saturated rings. The van der Waals surface area contributed by atoms with Gasteiger partial charge in [0.25, 0.3) is 5.91 Å². The second-order valence-corrected chi connectivity index (χ2v) is 8.19. The highest BCUT2D eigenvalue weighted by molar-refractivity contribution is 6.10. The van der Waals surface area contributed by atoms with Crippen LogP contribution in [0.15, 0.2) is 54.6 Å². The van der Waals surface area contributed by atoms with Gasteiger partial charge in [0.2, 0.25) is 0 Å². The first-order valence-corrected chi connectivity index (χ1v) is 10.6. The molecule has 29 heavy (non-hydrogen) atoms. The molecule has 0 aliphatic carbocycles. The van der Waals surface area contributed by atoms with Gasteiger partial charge < -0.3 is 9.64 Å². The molecule has 3 heterocycles. The predicted molar refractivity (Wildman–Crippen MR) is 110 cm³/mol. The van der Waals surface area contributed by atoms with Crippen LogP contribution in [0.1, 0.15) is 37.3 Å². The van der Waals surface area contributed by atoms with Crippen molar-refractivity contribution in [2.75, 3.05) is 18.1 Å². The van der Waals surface area contributed by atoms with Crippen LogP contribution in [0.25, 0.3) is 0 Å². The minimum atomic E-state index is -0.932. The zero-order chi connectivity index (χ0) is 20.0. The standard InChI is InChI=1S/C24H26N2O3/c1-2-29-22(27)20-15-18-11-8-14-26(18)24(20)19-12-6-7-13-21(19)25(23(24)28)16-17-9-4-3-5-10-17/h3-7,9-10,12-13,18,20H,2,8,11,14-16H2,1H3/t18-,20-,24-/m0/s1. The molecule has 1 spiro atoms. The third kappa shape index (κ3) is 2.57. The first kappa shape index (κ1) is 18.4. The smallest absolute Gasteiger partial charge is 0.311 e. The molecule has 0 N–H and O–H groups in total. The molecule has 2 aromatic carbocycles. The van der Waals surface area contributed by atoms with Crippen molar-refractivity contribution in [2.24, 2.45) is 5.92 Å². The molecule has 5 nitrogen and oxygen atoms in total. The molecule has 3 atom stereocenters. The molecule has 3 aliphatic rings. The molecule has 3 aliphatic heterocycles. The fourth-order valence-corrected chi connectivity index (χ4v) is 5.70. The highest BCUT2D eigenvalue weighted by Crippen LogP contribution is 2.57. The largest absolute Gasteiger partial charge is 0.466 e. The molecule has 0 radical (unpaired) electrons. The van der Waals surface area contributed by atoms with Crippen LogP contribution in [0.4, 0.5) is 5.69 Å². The van der Waals surface area contributed by atoms with Crippen LogP contribution in [0.2, 0.25) is 0 Å². The molecule has 0 unspecified atom stereocenters. The van der Waals surface area contributed by atoms with E-state index in [1.165, 1.54) is 0 Å². The van der Waals surface area contributed by atoms with Gasteiger partial charge in [-0.05, 0) is 44.4 Å². The lowest BCUT2D eigenvalue weighted by Gasteiger charge is -2.37. The number of para-hydroxylation sites is 1. The fraction of sp³-hybridized carbons (Fsp3) is 0.417. The minimum Gasteiger partial charge on any atom is -0.466 e. The summed E-state index contributed by atoms with van der Waals surface area (Å²) >= 11 is 0. The van der Waals surface area contributed by atoms with Crippen molar-refractivity contribution in [1.82, 2.24) is 4.90 Å². The third-order valence-corrected chi connectivity index (χ3v) is 6.77. The molecule has 0 aromatic heterocycles. The number of carbonyl (C=O) groups excluding carboxylic acids is 2. The van der Waals surface area contributed by atoms with E-state index < -0.39 is 11.5 Å². The van der Waals surface area contributed by atoms with Crippen molar-refractivity contribution in [3.8, 4) is 0 Å². The quantitative estimate of drug-likeness (QED) is 0.750. The zero-order valence-corrected chi connectivity index (χ0v) is 16.7. The first-order valence-electron chi connectivity index (χ1n) is 10.6. The highest BCUT2D eigenvalue weighted by atomic mass is 16.5. The van der Waals surface area contributed by atoms with E-state index in [4.69, 9.17) is 4.74 Å². The van der Waals surface area contributed by atoms with Crippen molar-refractivity contribution in [2.45, 2.75) is 44.3 Å². The van der Waals surface area contributed by atoms with Crippen LogP contribution in [0.3, 0.4) is 0 Å². The maximum absolute atomic E-state index is 14.1. The van der Waals surface area contributed by atoms with Crippen LogP contribution < -0.4 is 4.90 Å². The van der Waals surface area contributed by atoms with E-state index in [9.17, 15) is 9.59 Å². The van der Waals surface area contributed by atoms with Gasteiger partial charge in [-0.1, -0.05) is 48.5 Å². The lowest BCUT2D eigenvalue weighted by atomic mass is 9.79. The zero-order valence-electron chi connectivity index (χ0n) is 16.7. The van der Waals surface area contributed by atoms with Gasteiger partial charge in [-0.15, -0.1) is 0 Å². The van der Waals surface area contributed by atoms with E-state index >= 15 is 0 Å². The molecule has 1 amide bonds. The second kappa shape index (κ2) is 6.99. The minimum absolute atomic E-state index is 0.0185. The maximum Gasteiger partial charge on any atom is 0.311 e. The van der Waals surface area contributed by atoms with Crippen molar-refractivity contribution >= 4 is 17.6 Å². The van der Waals surface area contributed by atoms with Gasteiger partial charge in [-0.3, -0.25) is 14.5 Å². The van der Waals surface area contributed by atoms with Gasteiger partial charge in [0.1, 0.15) is 5.54 Å². The van der Waals surface area contributed by atoms with Crippen LogP contribution in [-0.2, 0) is 26.4 Å². The van der Waals surface area contributed by atoms with Crippen molar-refractivity contribution in [1.29, 1.82) is 0 Å². The van der Waals surface area contributed by atoms with Crippen molar-refractivity contribution in [3.05, 3.63) is 65.7 Å². The van der Waals surface area contributed by atoms with Crippen LogP contribution in [0, 0.1) is 5.92 Å². The van der Waals surface area contributed by atoms with Gasteiger partial charge in [0.05, 0.1) is 19.1 Å². The van der Waals surface area contributed by atoms with Crippen LogP contribution in [-0.4, -0.2) is 36.0 Å². The summed E-state index contributed by atoms with van der Waals surface area (Å²) in [5.74, 6) is -0.682. The summed E-state index contributed by atoms with van der Waals surface area (Å²) in [5.41, 5.74) is 2.03. The average molecular weight is 390 g/mol. The van der Waals surface area contributed by atoms with E-state index in [-0.39, 0.29) is 17.9 Å². The van der Waals surface area contributed by atoms with E-state index in [0.717, 1.165) is 36.2 Å². The Balaban J connectivity index is 1.64. The topological polar surface area (TPSA) is 49.9 Å². The van der Waals surface area contributed by atoms with E-state index in [2.05, 4.69) is 4.90 Å². The van der Waals surface area contributed by atoms with E-state index in [1.807, 2.05) is 66.4 Å². The van der Waals surface area contributed by atoms with Crippen LogP contribution >= 0.6 is 0 Å². The highest BCUT2D eigenvalue weighted by Gasteiger charge is 2.67. The number of hydrogen-bond acceptors (Lipinski definition) is 4.